The Balaban J connectivity index is 2.32. The highest BCUT2D eigenvalue weighted by molar-refractivity contribution is 7.80. The summed E-state index contributed by atoms with van der Waals surface area (Å²) in [6.45, 7) is 7.77. The fraction of sp³-hybridized carbons (Fsp3) is 1.00. The van der Waals surface area contributed by atoms with Gasteiger partial charge in [-0.2, -0.15) is 12.6 Å². The molecule has 1 nitrogen and oxygen atoms in total. The third-order valence-electron chi connectivity index (χ3n) is 4.42. The van der Waals surface area contributed by atoms with E-state index in [-0.39, 0.29) is 0 Å². The van der Waals surface area contributed by atoms with Crippen LogP contribution in [-0.4, -0.2) is 18.5 Å². The lowest BCUT2D eigenvalue weighted by Gasteiger charge is -2.33. The van der Waals surface area contributed by atoms with E-state index in [1.165, 1.54) is 38.5 Å². The minimum atomic E-state index is 0.312. The van der Waals surface area contributed by atoms with Crippen LogP contribution in [0.5, 0.6) is 0 Å². The minimum absolute atomic E-state index is 0.312. The van der Waals surface area contributed by atoms with Crippen LogP contribution in [0.3, 0.4) is 0 Å². The Morgan fingerprint density at radius 2 is 1.69 bits per heavy atom. The van der Waals surface area contributed by atoms with Crippen molar-refractivity contribution in [1.29, 1.82) is 0 Å². The number of hydrogen-bond donors (Lipinski definition) is 1. The molecule has 0 atom stereocenters. The highest BCUT2D eigenvalue weighted by Crippen LogP contribution is 2.31. The molecule has 1 aliphatic rings. The number of ether oxygens (including phenoxy) is 1. The normalized spacial score (nSPS) is 27.0. The molecule has 0 N–H and O–H groups in total. The molecule has 2 heteroatoms. The largest absolute Gasteiger partial charge is 0.378 e. The monoisotopic (exact) mass is 244 g/mol. The Kier molecular flexibility index (Phi) is 6.20. The van der Waals surface area contributed by atoms with E-state index in [0.29, 0.717) is 11.5 Å². The van der Waals surface area contributed by atoms with Crippen molar-refractivity contribution in [3.63, 3.8) is 0 Å². The highest BCUT2D eigenvalue weighted by atomic mass is 32.1. The van der Waals surface area contributed by atoms with Crippen molar-refractivity contribution < 1.29 is 4.74 Å². The summed E-state index contributed by atoms with van der Waals surface area (Å²) in [5.41, 5.74) is 0.312. The average Bonchev–Trinajstić information content (AvgIpc) is 2.34. The van der Waals surface area contributed by atoms with Crippen LogP contribution in [0.1, 0.15) is 59.3 Å². The Morgan fingerprint density at radius 1 is 1.12 bits per heavy atom. The second kappa shape index (κ2) is 6.90. The van der Waals surface area contributed by atoms with Crippen molar-refractivity contribution in [2.75, 3.05) is 12.4 Å². The standard InChI is InChI=1S/C14H28OS/c1-4-14(5-2,11-16)10-15-13-8-6-12(3)7-9-13/h12-13,16H,4-11H2,1-3H3. The van der Waals surface area contributed by atoms with E-state index in [1.54, 1.807) is 0 Å². The van der Waals surface area contributed by atoms with Crippen LogP contribution in [0.25, 0.3) is 0 Å². The van der Waals surface area contributed by atoms with Crippen LogP contribution in [-0.2, 0) is 4.74 Å². The fourth-order valence-electron chi connectivity index (χ4n) is 2.41. The van der Waals surface area contributed by atoms with Gasteiger partial charge in [-0.25, -0.2) is 0 Å². The molecule has 0 saturated heterocycles. The van der Waals surface area contributed by atoms with Crippen molar-refractivity contribution in [2.24, 2.45) is 11.3 Å². The molecule has 0 heterocycles. The topological polar surface area (TPSA) is 9.23 Å². The molecule has 0 aromatic heterocycles. The summed E-state index contributed by atoms with van der Waals surface area (Å²) in [7, 11) is 0. The fourth-order valence-corrected chi connectivity index (χ4v) is 2.95. The van der Waals surface area contributed by atoms with Crippen LogP contribution >= 0.6 is 12.6 Å². The summed E-state index contributed by atoms with van der Waals surface area (Å²) in [4.78, 5) is 0. The predicted molar refractivity (Wildman–Crippen MR) is 74.2 cm³/mol. The summed E-state index contributed by atoms with van der Waals surface area (Å²) in [5, 5.41) is 0. The van der Waals surface area contributed by atoms with Gasteiger partial charge in [0.1, 0.15) is 0 Å². The summed E-state index contributed by atoms with van der Waals surface area (Å²) in [5.74, 6) is 1.86. The van der Waals surface area contributed by atoms with E-state index in [9.17, 15) is 0 Å². The molecule has 1 aliphatic carbocycles. The van der Waals surface area contributed by atoms with Crippen LogP contribution in [0.2, 0.25) is 0 Å². The molecule has 0 radical (unpaired) electrons. The van der Waals surface area contributed by atoms with Crippen LogP contribution in [0.15, 0.2) is 0 Å². The summed E-state index contributed by atoms with van der Waals surface area (Å²) in [6, 6.07) is 0. The Labute approximate surface area is 107 Å². The first kappa shape index (κ1) is 14.4. The zero-order valence-corrected chi connectivity index (χ0v) is 12.1. The van der Waals surface area contributed by atoms with Crippen molar-refractivity contribution in [3.8, 4) is 0 Å². The zero-order chi connectivity index (χ0) is 12.0. The highest BCUT2D eigenvalue weighted by Gasteiger charge is 2.27. The smallest absolute Gasteiger partial charge is 0.0575 e. The molecule has 0 bridgehead atoms. The second-order valence-electron chi connectivity index (χ2n) is 5.56. The first-order valence-corrected chi connectivity index (χ1v) is 7.51. The molecule has 0 aliphatic heterocycles. The molecular weight excluding hydrogens is 216 g/mol. The van der Waals surface area contributed by atoms with E-state index in [4.69, 9.17) is 4.74 Å². The first-order chi connectivity index (χ1) is 7.65. The number of hydrogen-bond acceptors (Lipinski definition) is 2. The van der Waals surface area contributed by atoms with Gasteiger partial charge in [0, 0.05) is 5.41 Å². The van der Waals surface area contributed by atoms with Gasteiger partial charge in [-0.3, -0.25) is 0 Å². The van der Waals surface area contributed by atoms with E-state index in [2.05, 4.69) is 33.4 Å². The molecular formula is C14H28OS. The molecule has 16 heavy (non-hydrogen) atoms. The van der Waals surface area contributed by atoms with Crippen LogP contribution in [0, 0.1) is 11.3 Å². The number of thiol groups is 1. The Hall–Kier alpha value is 0.310. The van der Waals surface area contributed by atoms with Gasteiger partial charge < -0.3 is 4.74 Å². The Morgan fingerprint density at radius 3 is 2.12 bits per heavy atom. The van der Waals surface area contributed by atoms with Gasteiger partial charge >= 0.3 is 0 Å². The third-order valence-corrected chi connectivity index (χ3v) is 5.09. The van der Waals surface area contributed by atoms with Crippen molar-refractivity contribution in [2.45, 2.75) is 65.4 Å². The molecule has 1 fully saturated rings. The maximum absolute atomic E-state index is 6.12. The van der Waals surface area contributed by atoms with E-state index in [1.807, 2.05) is 0 Å². The zero-order valence-electron chi connectivity index (χ0n) is 11.2. The van der Waals surface area contributed by atoms with Gasteiger partial charge in [-0.05, 0) is 50.2 Å². The SMILES string of the molecule is CCC(CC)(CS)COC1CCC(C)CC1. The predicted octanol–water partition coefficient (Wildman–Crippen LogP) is 4.32. The molecule has 1 saturated carbocycles. The van der Waals surface area contributed by atoms with Crippen molar-refractivity contribution >= 4 is 12.6 Å². The van der Waals surface area contributed by atoms with Gasteiger partial charge in [-0.1, -0.05) is 20.8 Å². The Bertz CT molecular complexity index is 173. The molecule has 0 unspecified atom stereocenters. The lowest BCUT2D eigenvalue weighted by Crippen LogP contribution is -2.31. The van der Waals surface area contributed by atoms with E-state index >= 15 is 0 Å². The minimum Gasteiger partial charge on any atom is -0.378 e. The molecule has 0 aromatic rings. The average molecular weight is 244 g/mol. The van der Waals surface area contributed by atoms with Gasteiger partial charge in [0.25, 0.3) is 0 Å². The summed E-state index contributed by atoms with van der Waals surface area (Å²) < 4.78 is 6.12. The molecule has 96 valence electrons. The van der Waals surface area contributed by atoms with Gasteiger partial charge in [0.15, 0.2) is 0 Å². The summed E-state index contributed by atoms with van der Waals surface area (Å²) in [6.07, 6.45) is 8.09. The van der Waals surface area contributed by atoms with Gasteiger partial charge in [0.05, 0.1) is 12.7 Å². The van der Waals surface area contributed by atoms with Crippen molar-refractivity contribution in [3.05, 3.63) is 0 Å². The van der Waals surface area contributed by atoms with Crippen molar-refractivity contribution in [1.82, 2.24) is 0 Å². The quantitative estimate of drug-likeness (QED) is 0.685. The van der Waals surface area contributed by atoms with E-state index < -0.39 is 0 Å². The lowest BCUT2D eigenvalue weighted by molar-refractivity contribution is -0.0263. The lowest BCUT2D eigenvalue weighted by atomic mass is 9.85. The molecule has 1 rings (SSSR count). The second-order valence-corrected chi connectivity index (χ2v) is 5.87. The summed E-state index contributed by atoms with van der Waals surface area (Å²) >= 11 is 4.49. The van der Waals surface area contributed by atoms with Gasteiger partial charge in [0.2, 0.25) is 0 Å². The number of rotatable bonds is 6. The maximum atomic E-state index is 6.12. The van der Waals surface area contributed by atoms with Crippen LogP contribution < -0.4 is 0 Å². The van der Waals surface area contributed by atoms with Gasteiger partial charge in [-0.15, -0.1) is 0 Å². The first-order valence-electron chi connectivity index (χ1n) is 6.88. The van der Waals surface area contributed by atoms with E-state index in [0.717, 1.165) is 18.3 Å². The molecule has 0 amide bonds. The maximum Gasteiger partial charge on any atom is 0.0575 e. The third kappa shape index (κ3) is 3.96. The molecule has 0 spiro atoms. The molecule has 0 aromatic carbocycles. The van der Waals surface area contributed by atoms with Crippen LogP contribution in [0.4, 0.5) is 0 Å².